The molecule has 136 valence electrons. The Morgan fingerprint density at radius 3 is 2.56 bits per heavy atom. The average molecular weight is 473 g/mol. The zero-order valence-electron chi connectivity index (χ0n) is 14.3. The van der Waals surface area contributed by atoms with Crippen molar-refractivity contribution in [2.45, 2.75) is 6.42 Å². The molecule has 0 atom stereocenters. The second-order valence-electron chi connectivity index (χ2n) is 5.63. The van der Waals surface area contributed by atoms with Crippen molar-refractivity contribution >= 4 is 46.4 Å². The molecule has 0 amide bonds. The van der Waals surface area contributed by atoms with Crippen molar-refractivity contribution in [3.8, 4) is 5.75 Å². The number of ether oxygens (including phenoxy) is 1. The van der Waals surface area contributed by atoms with Crippen molar-refractivity contribution in [2.75, 3.05) is 44.7 Å². The molecule has 1 aliphatic rings. The number of nitrogens with zero attached hydrogens (tertiary/aromatic N) is 4. The molecule has 6 nitrogen and oxygen atoms in total. The fourth-order valence-electron chi connectivity index (χ4n) is 2.69. The second-order valence-corrected chi connectivity index (χ2v) is 6.50. The summed E-state index contributed by atoms with van der Waals surface area (Å²) in [5, 5.41) is 3.10. The maximum Gasteiger partial charge on any atom is 0.191 e. The summed E-state index contributed by atoms with van der Waals surface area (Å²) < 4.78 is 5.16. The molecule has 2 aromatic rings. The highest BCUT2D eigenvalue weighted by molar-refractivity contribution is 14.0. The zero-order chi connectivity index (χ0) is 16.8. The number of hydrogen-bond donors (Lipinski definition) is 1. The lowest BCUT2D eigenvalue weighted by Gasteiger charge is -2.35. The van der Waals surface area contributed by atoms with E-state index < -0.39 is 0 Å². The van der Waals surface area contributed by atoms with Gasteiger partial charge in [0, 0.05) is 44.3 Å². The molecule has 1 fully saturated rings. The van der Waals surface area contributed by atoms with Crippen molar-refractivity contribution in [1.82, 2.24) is 9.88 Å². The van der Waals surface area contributed by atoms with Gasteiger partial charge in [-0.25, -0.2) is 4.98 Å². The van der Waals surface area contributed by atoms with Gasteiger partial charge >= 0.3 is 0 Å². The van der Waals surface area contributed by atoms with Crippen LogP contribution in [-0.2, 0) is 6.42 Å². The molecule has 0 bridgehead atoms. The van der Waals surface area contributed by atoms with Crippen molar-refractivity contribution in [1.29, 1.82) is 0 Å². The zero-order valence-corrected chi connectivity index (χ0v) is 17.4. The van der Waals surface area contributed by atoms with Gasteiger partial charge < -0.3 is 20.3 Å². The highest BCUT2D eigenvalue weighted by Gasteiger charge is 2.19. The second kappa shape index (κ2) is 9.81. The van der Waals surface area contributed by atoms with E-state index in [-0.39, 0.29) is 24.0 Å². The van der Waals surface area contributed by atoms with Crippen LogP contribution < -0.4 is 15.4 Å². The Morgan fingerprint density at radius 1 is 1.24 bits per heavy atom. The number of guanidine groups is 1. The van der Waals surface area contributed by atoms with Gasteiger partial charge in [-0.05, 0) is 24.1 Å². The Balaban J connectivity index is 0.00000225. The maximum absolute atomic E-state index is 6.15. The third-order valence-corrected chi connectivity index (χ3v) is 4.96. The largest absolute Gasteiger partial charge is 0.497 e. The number of methoxy groups -OCH3 is 1. The highest BCUT2D eigenvalue weighted by atomic mass is 127. The van der Waals surface area contributed by atoms with Gasteiger partial charge in [0.15, 0.2) is 11.1 Å². The minimum Gasteiger partial charge on any atom is -0.497 e. The van der Waals surface area contributed by atoms with E-state index >= 15 is 0 Å². The molecule has 2 N–H and O–H groups in total. The quantitative estimate of drug-likeness (QED) is 0.411. The standard InChI is InChI=1S/C17H23N5OS.HI/c1-23-15-4-2-14(3-5-15)6-7-19-16(18)21-9-11-22(12-10-21)17-20-8-13-24-17;/h2-5,8,13H,6-7,9-12H2,1H3,(H2,18,19);1H. The first-order valence-electron chi connectivity index (χ1n) is 8.08. The molecule has 0 saturated carbocycles. The molecule has 3 rings (SSSR count). The van der Waals surface area contributed by atoms with E-state index in [2.05, 4.69) is 31.9 Å². The average Bonchev–Trinajstić information content (AvgIpc) is 3.17. The minimum absolute atomic E-state index is 0. The number of piperazine rings is 1. The SMILES string of the molecule is COc1ccc(CCN=C(N)N2CCN(c3nccs3)CC2)cc1.I. The summed E-state index contributed by atoms with van der Waals surface area (Å²) in [6, 6.07) is 8.08. The molecule has 0 spiro atoms. The molecule has 1 saturated heterocycles. The van der Waals surface area contributed by atoms with Gasteiger partial charge in [-0.3, -0.25) is 4.99 Å². The number of nitrogens with two attached hydrogens (primary N) is 1. The van der Waals surface area contributed by atoms with Crippen LogP contribution in [0, 0.1) is 0 Å². The van der Waals surface area contributed by atoms with Crippen molar-refractivity contribution in [2.24, 2.45) is 10.7 Å². The topological polar surface area (TPSA) is 67.0 Å². The van der Waals surface area contributed by atoms with Gasteiger partial charge in [0.25, 0.3) is 0 Å². The lowest BCUT2D eigenvalue weighted by atomic mass is 10.1. The summed E-state index contributed by atoms with van der Waals surface area (Å²) in [5.41, 5.74) is 7.38. The fourth-order valence-corrected chi connectivity index (χ4v) is 3.39. The van der Waals surface area contributed by atoms with Crippen LogP contribution in [-0.4, -0.2) is 55.7 Å². The summed E-state index contributed by atoms with van der Waals surface area (Å²) >= 11 is 1.68. The van der Waals surface area contributed by atoms with Crippen LogP contribution in [0.3, 0.4) is 0 Å². The van der Waals surface area contributed by atoms with E-state index in [1.54, 1.807) is 18.4 Å². The van der Waals surface area contributed by atoms with Crippen LogP contribution in [0.25, 0.3) is 0 Å². The number of hydrogen-bond acceptors (Lipinski definition) is 5. The molecule has 2 heterocycles. The van der Waals surface area contributed by atoms with Crippen LogP contribution in [0.1, 0.15) is 5.56 Å². The predicted molar refractivity (Wildman–Crippen MR) is 115 cm³/mol. The van der Waals surface area contributed by atoms with Gasteiger partial charge in [0.1, 0.15) is 5.75 Å². The van der Waals surface area contributed by atoms with E-state index in [1.165, 1.54) is 5.56 Å². The Bertz CT molecular complexity index is 654. The Hall–Kier alpha value is -1.55. The molecule has 8 heteroatoms. The summed E-state index contributed by atoms with van der Waals surface area (Å²) in [6.07, 6.45) is 2.73. The summed E-state index contributed by atoms with van der Waals surface area (Å²) in [4.78, 5) is 13.3. The van der Waals surface area contributed by atoms with Crippen molar-refractivity contribution in [3.05, 3.63) is 41.4 Å². The first kappa shape index (κ1) is 19.8. The van der Waals surface area contributed by atoms with Crippen LogP contribution in [0.2, 0.25) is 0 Å². The maximum atomic E-state index is 6.15. The van der Waals surface area contributed by atoms with Gasteiger partial charge in [-0.2, -0.15) is 0 Å². The van der Waals surface area contributed by atoms with E-state index in [1.807, 2.05) is 23.7 Å². The van der Waals surface area contributed by atoms with E-state index in [4.69, 9.17) is 10.5 Å². The number of aromatic nitrogens is 1. The van der Waals surface area contributed by atoms with Gasteiger partial charge in [-0.15, -0.1) is 35.3 Å². The van der Waals surface area contributed by atoms with Gasteiger partial charge in [-0.1, -0.05) is 12.1 Å². The van der Waals surface area contributed by atoms with Crippen LogP contribution in [0.15, 0.2) is 40.8 Å². The van der Waals surface area contributed by atoms with Crippen LogP contribution in [0.5, 0.6) is 5.75 Å². The minimum atomic E-state index is 0. The monoisotopic (exact) mass is 473 g/mol. The summed E-state index contributed by atoms with van der Waals surface area (Å²) in [6.45, 7) is 4.34. The van der Waals surface area contributed by atoms with Crippen LogP contribution in [0.4, 0.5) is 5.13 Å². The highest BCUT2D eigenvalue weighted by Crippen LogP contribution is 2.18. The predicted octanol–water partition coefficient (Wildman–Crippen LogP) is 2.45. The van der Waals surface area contributed by atoms with Crippen LogP contribution >= 0.6 is 35.3 Å². The molecule has 0 radical (unpaired) electrons. The number of aliphatic imine (C=N–C) groups is 1. The molecule has 1 aromatic carbocycles. The summed E-state index contributed by atoms with van der Waals surface area (Å²) in [7, 11) is 1.67. The lowest BCUT2D eigenvalue weighted by Crippen LogP contribution is -2.51. The molecule has 25 heavy (non-hydrogen) atoms. The number of anilines is 1. The number of thiazole rings is 1. The normalized spacial score (nSPS) is 15.0. The molecule has 1 aromatic heterocycles. The molecule has 0 aliphatic carbocycles. The van der Waals surface area contributed by atoms with E-state index in [0.717, 1.165) is 43.5 Å². The van der Waals surface area contributed by atoms with Gasteiger partial charge in [0.2, 0.25) is 0 Å². The number of benzene rings is 1. The Morgan fingerprint density at radius 2 is 1.96 bits per heavy atom. The molecular formula is C17H24IN5OS. The number of halogens is 1. The summed E-state index contributed by atoms with van der Waals surface area (Å²) in [5.74, 6) is 1.52. The first-order valence-corrected chi connectivity index (χ1v) is 8.96. The molecule has 0 unspecified atom stereocenters. The fraction of sp³-hybridized carbons (Fsp3) is 0.412. The Kier molecular flexibility index (Phi) is 7.76. The smallest absolute Gasteiger partial charge is 0.191 e. The lowest BCUT2D eigenvalue weighted by molar-refractivity contribution is 0.380. The van der Waals surface area contributed by atoms with E-state index in [0.29, 0.717) is 12.5 Å². The number of rotatable bonds is 5. The molecule has 1 aliphatic heterocycles. The van der Waals surface area contributed by atoms with E-state index in [9.17, 15) is 0 Å². The van der Waals surface area contributed by atoms with Gasteiger partial charge in [0.05, 0.1) is 7.11 Å². The third kappa shape index (κ3) is 5.46. The molecular weight excluding hydrogens is 449 g/mol. The third-order valence-electron chi connectivity index (χ3n) is 4.13. The Labute approximate surface area is 169 Å². The van der Waals surface area contributed by atoms with Crippen molar-refractivity contribution < 1.29 is 4.74 Å². The first-order chi connectivity index (χ1) is 11.8. The van der Waals surface area contributed by atoms with Crippen molar-refractivity contribution in [3.63, 3.8) is 0 Å².